The van der Waals surface area contributed by atoms with Crippen molar-refractivity contribution in [2.24, 2.45) is 0 Å². The van der Waals surface area contributed by atoms with Crippen LogP contribution in [0.15, 0.2) is 17.0 Å². The quantitative estimate of drug-likeness (QED) is 0.812. The first-order valence-electron chi connectivity index (χ1n) is 6.38. The predicted octanol–water partition coefficient (Wildman–Crippen LogP) is 1.03. The van der Waals surface area contributed by atoms with Crippen LogP contribution in [0.1, 0.15) is 24.0 Å². The molecule has 1 aromatic carbocycles. The second kappa shape index (κ2) is 5.11. The van der Waals surface area contributed by atoms with Gasteiger partial charge in [0.25, 0.3) is 0 Å². The molecule has 0 aliphatic carbocycles. The molecule has 0 aromatic heterocycles. The van der Waals surface area contributed by atoms with Gasteiger partial charge in [-0.3, -0.25) is 0 Å². The highest BCUT2D eigenvalue weighted by Crippen LogP contribution is 2.32. The lowest BCUT2D eigenvalue weighted by atomic mass is 10.1. The van der Waals surface area contributed by atoms with Crippen molar-refractivity contribution < 1.29 is 13.5 Å². The number of anilines is 1. The Labute approximate surface area is 114 Å². The van der Waals surface area contributed by atoms with E-state index < -0.39 is 10.0 Å². The van der Waals surface area contributed by atoms with Gasteiger partial charge in [-0.15, -0.1) is 0 Å². The van der Waals surface area contributed by atoms with E-state index in [1.165, 1.54) is 4.31 Å². The highest BCUT2D eigenvalue weighted by atomic mass is 32.2. The van der Waals surface area contributed by atoms with Gasteiger partial charge in [0.15, 0.2) is 0 Å². The Morgan fingerprint density at radius 1 is 1.37 bits per heavy atom. The summed E-state index contributed by atoms with van der Waals surface area (Å²) in [6.07, 6.45) is 1.47. The molecule has 1 saturated heterocycles. The number of nitrogens with two attached hydrogens (primary N) is 1. The smallest absolute Gasteiger partial charge is 0.245 e. The zero-order chi connectivity index (χ0) is 14.2. The highest BCUT2D eigenvalue weighted by molar-refractivity contribution is 7.89. The largest absolute Gasteiger partial charge is 0.397 e. The van der Waals surface area contributed by atoms with Crippen LogP contribution in [0.5, 0.6) is 0 Å². The van der Waals surface area contributed by atoms with E-state index in [2.05, 4.69) is 0 Å². The Bertz CT molecular complexity index is 584. The summed E-state index contributed by atoms with van der Waals surface area (Å²) in [4.78, 5) is 0.188. The van der Waals surface area contributed by atoms with Gasteiger partial charge in [-0.1, -0.05) is 12.1 Å². The van der Waals surface area contributed by atoms with Crippen LogP contribution in [0.25, 0.3) is 0 Å². The molecule has 1 fully saturated rings. The van der Waals surface area contributed by atoms with E-state index in [9.17, 15) is 13.5 Å². The van der Waals surface area contributed by atoms with Gasteiger partial charge in [0.05, 0.1) is 12.3 Å². The Morgan fingerprint density at radius 3 is 2.63 bits per heavy atom. The minimum absolute atomic E-state index is 0.149. The van der Waals surface area contributed by atoms with Crippen LogP contribution in [0.4, 0.5) is 5.69 Å². The van der Waals surface area contributed by atoms with Crippen LogP contribution in [0.2, 0.25) is 0 Å². The zero-order valence-corrected chi connectivity index (χ0v) is 12.1. The van der Waals surface area contributed by atoms with E-state index in [1.54, 1.807) is 19.9 Å². The molecule has 6 heteroatoms. The standard InChI is InChI=1S/C13H20N2O3S/c1-9-5-6-10(2)13(12(9)14)19(17,18)15-7-3-4-11(15)8-16/h5-6,11,16H,3-4,7-8,14H2,1-2H3/t11-/m0/s1. The second-order valence-electron chi connectivity index (χ2n) is 5.04. The average Bonchev–Trinajstić information content (AvgIpc) is 2.83. The van der Waals surface area contributed by atoms with E-state index in [0.717, 1.165) is 12.0 Å². The number of nitrogens with zero attached hydrogens (tertiary/aromatic N) is 1. The molecule has 19 heavy (non-hydrogen) atoms. The molecule has 5 nitrogen and oxygen atoms in total. The summed E-state index contributed by atoms with van der Waals surface area (Å²) in [5, 5.41) is 9.30. The summed E-state index contributed by atoms with van der Waals surface area (Å²) < 4.78 is 26.8. The van der Waals surface area contributed by atoms with Crippen molar-refractivity contribution >= 4 is 15.7 Å². The van der Waals surface area contributed by atoms with Crippen LogP contribution >= 0.6 is 0 Å². The van der Waals surface area contributed by atoms with Crippen molar-refractivity contribution in [3.63, 3.8) is 0 Å². The maximum absolute atomic E-state index is 12.7. The fourth-order valence-electron chi connectivity index (χ4n) is 2.57. The Hall–Kier alpha value is -1.11. The molecule has 3 N–H and O–H groups in total. The van der Waals surface area contributed by atoms with Crippen molar-refractivity contribution in [2.75, 3.05) is 18.9 Å². The lowest BCUT2D eigenvalue weighted by molar-refractivity contribution is 0.213. The van der Waals surface area contributed by atoms with Crippen LogP contribution in [0, 0.1) is 13.8 Å². The van der Waals surface area contributed by atoms with E-state index >= 15 is 0 Å². The summed E-state index contributed by atoms with van der Waals surface area (Å²) in [5.41, 5.74) is 7.66. The van der Waals surface area contributed by atoms with Gasteiger partial charge >= 0.3 is 0 Å². The Morgan fingerprint density at radius 2 is 2.00 bits per heavy atom. The van der Waals surface area contributed by atoms with Crippen LogP contribution in [-0.2, 0) is 10.0 Å². The van der Waals surface area contributed by atoms with E-state index in [1.807, 2.05) is 6.07 Å². The predicted molar refractivity (Wildman–Crippen MR) is 74.3 cm³/mol. The lowest BCUT2D eigenvalue weighted by Crippen LogP contribution is -2.38. The number of benzene rings is 1. The molecule has 2 rings (SSSR count). The van der Waals surface area contributed by atoms with Gasteiger partial charge in [0.2, 0.25) is 10.0 Å². The highest BCUT2D eigenvalue weighted by Gasteiger charge is 2.36. The lowest BCUT2D eigenvalue weighted by Gasteiger charge is -2.24. The summed E-state index contributed by atoms with van der Waals surface area (Å²) in [6, 6.07) is 3.25. The van der Waals surface area contributed by atoms with Crippen LogP contribution in [-0.4, -0.2) is 37.0 Å². The Balaban J connectivity index is 2.54. The van der Waals surface area contributed by atoms with Gasteiger partial charge < -0.3 is 10.8 Å². The normalized spacial score (nSPS) is 20.9. The first kappa shape index (κ1) is 14.3. The molecule has 1 heterocycles. The van der Waals surface area contributed by atoms with Crippen LogP contribution in [0.3, 0.4) is 0 Å². The van der Waals surface area contributed by atoms with Crippen molar-refractivity contribution in [1.29, 1.82) is 0 Å². The molecular formula is C13H20N2O3S. The molecule has 0 radical (unpaired) electrons. The number of sulfonamides is 1. The molecule has 0 saturated carbocycles. The topological polar surface area (TPSA) is 83.6 Å². The zero-order valence-electron chi connectivity index (χ0n) is 11.3. The first-order valence-corrected chi connectivity index (χ1v) is 7.82. The van der Waals surface area contributed by atoms with Gasteiger partial charge in [0, 0.05) is 12.6 Å². The second-order valence-corrected chi connectivity index (χ2v) is 6.86. The molecular weight excluding hydrogens is 264 g/mol. The molecule has 0 unspecified atom stereocenters. The summed E-state index contributed by atoms with van der Waals surface area (Å²) >= 11 is 0. The van der Waals surface area contributed by atoms with Crippen LogP contribution < -0.4 is 5.73 Å². The fraction of sp³-hybridized carbons (Fsp3) is 0.538. The summed E-state index contributed by atoms with van der Waals surface area (Å²) in [7, 11) is -3.64. The number of nitrogen functional groups attached to an aromatic ring is 1. The SMILES string of the molecule is Cc1ccc(C)c(S(=O)(=O)N2CCC[C@H]2CO)c1N. The molecule has 0 amide bonds. The first-order chi connectivity index (χ1) is 8.89. The molecule has 1 aliphatic rings. The monoisotopic (exact) mass is 284 g/mol. The minimum atomic E-state index is -3.64. The third-order valence-electron chi connectivity index (χ3n) is 3.71. The molecule has 1 aromatic rings. The molecule has 0 spiro atoms. The molecule has 1 aliphatic heterocycles. The number of hydrogen-bond acceptors (Lipinski definition) is 4. The summed E-state index contributed by atoms with van der Waals surface area (Å²) in [5.74, 6) is 0. The van der Waals surface area contributed by atoms with Gasteiger partial charge in [-0.05, 0) is 37.8 Å². The van der Waals surface area contributed by atoms with Gasteiger partial charge in [-0.25, -0.2) is 8.42 Å². The summed E-state index contributed by atoms with van der Waals surface area (Å²) in [6.45, 7) is 3.83. The Kier molecular flexibility index (Phi) is 3.85. The van der Waals surface area contributed by atoms with Crippen molar-refractivity contribution in [3.8, 4) is 0 Å². The van der Waals surface area contributed by atoms with E-state index in [-0.39, 0.29) is 17.5 Å². The number of hydrogen-bond donors (Lipinski definition) is 2. The third-order valence-corrected chi connectivity index (χ3v) is 5.87. The number of aliphatic hydroxyl groups excluding tert-OH is 1. The molecule has 1 atom stereocenters. The number of aliphatic hydroxyl groups is 1. The number of rotatable bonds is 3. The maximum Gasteiger partial charge on any atom is 0.245 e. The molecule has 0 bridgehead atoms. The van der Waals surface area contributed by atoms with Crippen molar-refractivity contribution in [3.05, 3.63) is 23.3 Å². The third kappa shape index (κ3) is 2.35. The van der Waals surface area contributed by atoms with E-state index in [0.29, 0.717) is 24.2 Å². The van der Waals surface area contributed by atoms with Gasteiger partial charge in [-0.2, -0.15) is 4.31 Å². The maximum atomic E-state index is 12.7. The fourth-order valence-corrected chi connectivity index (χ4v) is 4.66. The molecule has 106 valence electrons. The van der Waals surface area contributed by atoms with Gasteiger partial charge in [0.1, 0.15) is 4.90 Å². The number of aryl methyl sites for hydroxylation is 2. The van der Waals surface area contributed by atoms with E-state index in [4.69, 9.17) is 5.73 Å². The average molecular weight is 284 g/mol. The minimum Gasteiger partial charge on any atom is -0.397 e. The van der Waals surface area contributed by atoms with Crippen molar-refractivity contribution in [1.82, 2.24) is 4.31 Å². The van der Waals surface area contributed by atoms with Crippen molar-refractivity contribution in [2.45, 2.75) is 37.6 Å².